The summed E-state index contributed by atoms with van der Waals surface area (Å²) in [7, 11) is -2.02. The van der Waals surface area contributed by atoms with Crippen molar-refractivity contribution in [1.29, 1.82) is 0 Å². The standard InChI is InChI=1S/C25H40O4Si/c1-9-28-22(27)11-12-24(6)20-14-19(26)18-16-25(20,15-17(18)2)13-10-21(24)29-30(7,8)23(3,4)5/h11-12,18,20-21H,2,9-10,13-16H2,1,3-8H3/b12-11+/t18-,20+,21+,24+,25-/m1/s1. The number of carbonyl (C=O) groups is 2. The van der Waals surface area contributed by atoms with E-state index in [2.05, 4.69) is 47.4 Å². The largest absolute Gasteiger partial charge is 0.463 e. The summed E-state index contributed by atoms with van der Waals surface area (Å²) in [5.41, 5.74) is 0.839. The van der Waals surface area contributed by atoms with Crippen LogP contribution in [-0.4, -0.2) is 32.8 Å². The number of fused-ring (bicyclic) bond motifs is 1. The number of ketones is 1. The Bertz CT molecular complexity index is 762. The van der Waals surface area contributed by atoms with E-state index in [1.807, 2.05) is 13.0 Å². The van der Waals surface area contributed by atoms with Gasteiger partial charge in [-0.05, 0) is 62.1 Å². The first kappa shape index (κ1) is 23.5. The first-order valence-electron chi connectivity index (χ1n) is 11.5. The predicted octanol–water partition coefficient (Wildman–Crippen LogP) is 5.84. The smallest absolute Gasteiger partial charge is 0.330 e. The Morgan fingerprint density at radius 3 is 2.60 bits per heavy atom. The van der Waals surface area contributed by atoms with E-state index in [0.717, 1.165) is 31.3 Å². The van der Waals surface area contributed by atoms with Crippen molar-refractivity contribution in [2.75, 3.05) is 6.61 Å². The van der Waals surface area contributed by atoms with Crippen LogP contribution in [0.1, 0.15) is 66.7 Å². The SMILES string of the molecule is C=C1C[C@@]23CC[C@H](O[Si](C)(C)C(C)(C)C)[C@@](C)(/C=C/C(=O)OCC)[C@@H]2CC(=O)[C@@H]1C3. The van der Waals surface area contributed by atoms with Gasteiger partial charge in [-0.3, -0.25) is 4.79 Å². The lowest BCUT2D eigenvalue weighted by Gasteiger charge is -2.58. The maximum absolute atomic E-state index is 13.0. The number of ether oxygens (including phenoxy) is 1. The summed E-state index contributed by atoms with van der Waals surface area (Å²) in [5, 5.41) is 0.100. The van der Waals surface area contributed by atoms with Crippen LogP contribution in [0.5, 0.6) is 0 Å². The summed E-state index contributed by atoms with van der Waals surface area (Å²) in [6.45, 7) is 20.0. The topological polar surface area (TPSA) is 52.6 Å². The first-order valence-corrected chi connectivity index (χ1v) is 14.4. The Balaban J connectivity index is 2.01. The molecule has 3 rings (SSSR count). The summed E-state index contributed by atoms with van der Waals surface area (Å²) >= 11 is 0. The van der Waals surface area contributed by atoms with Gasteiger partial charge < -0.3 is 9.16 Å². The molecule has 0 aromatic rings. The van der Waals surface area contributed by atoms with Crippen molar-refractivity contribution in [3.63, 3.8) is 0 Å². The van der Waals surface area contributed by atoms with Crippen LogP contribution in [0.2, 0.25) is 18.1 Å². The zero-order valence-electron chi connectivity index (χ0n) is 20.0. The third kappa shape index (κ3) is 3.88. The highest BCUT2D eigenvalue weighted by Crippen LogP contribution is 2.66. The minimum atomic E-state index is -2.02. The van der Waals surface area contributed by atoms with E-state index >= 15 is 0 Å². The molecule has 2 bridgehead atoms. The fraction of sp³-hybridized carbons (Fsp3) is 0.760. The van der Waals surface area contributed by atoms with Gasteiger partial charge in [-0.2, -0.15) is 0 Å². The molecule has 3 aliphatic rings. The number of esters is 1. The molecule has 30 heavy (non-hydrogen) atoms. The number of rotatable bonds is 5. The highest BCUT2D eigenvalue weighted by atomic mass is 28.4. The molecule has 4 nitrogen and oxygen atoms in total. The summed E-state index contributed by atoms with van der Waals surface area (Å²) < 4.78 is 12.1. The molecule has 0 amide bonds. The molecule has 0 aromatic carbocycles. The number of hydrogen-bond donors (Lipinski definition) is 0. The van der Waals surface area contributed by atoms with Crippen molar-refractivity contribution in [3.8, 4) is 0 Å². The predicted molar refractivity (Wildman–Crippen MR) is 123 cm³/mol. The summed E-state index contributed by atoms with van der Waals surface area (Å²) in [5.74, 6) is 0.210. The lowest BCUT2D eigenvalue weighted by molar-refractivity contribution is -0.139. The summed E-state index contributed by atoms with van der Waals surface area (Å²) in [6, 6.07) is 0. The summed E-state index contributed by atoms with van der Waals surface area (Å²) in [4.78, 5) is 25.2. The van der Waals surface area contributed by atoms with Crippen molar-refractivity contribution in [1.82, 2.24) is 0 Å². The van der Waals surface area contributed by atoms with E-state index < -0.39 is 8.32 Å². The van der Waals surface area contributed by atoms with Gasteiger partial charge in [-0.15, -0.1) is 0 Å². The van der Waals surface area contributed by atoms with Gasteiger partial charge in [0.25, 0.3) is 0 Å². The van der Waals surface area contributed by atoms with Crippen LogP contribution in [0.25, 0.3) is 0 Å². The molecule has 168 valence electrons. The van der Waals surface area contributed by atoms with Crippen molar-refractivity contribution < 1.29 is 18.8 Å². The number of hydrogen-bond acceptors (Lipinski definition) is 4. The van der Waals surface area contributed by atoms with E-state index in [-0.39, 0.29) is 39.8 Å². The van der Waals surface area contributed by atoms with Crippen LogP contribution in [0.15, 0.2) is 24.3 Å². The zero-order valence-corrected chi connectivity index (χ0v) is 21.0. The Kier molecular flexibility index (Phi) is 6.05. The van der Waals surface area contributed by atoms with Crippen LogP contribution in [0, 0.1) is 22.7 Å². The van der Waals surface area contributed by atoms with Crippen molar-refractivity contribution >= 4 is 20.1 Å². The van der Waals surface area contributed by atoms with Crippen LogP contribution in [-0.2, 0) is 18.8 Å². The highest BCUT2D eigenvalue weighted by molar-refractivity contribution is 6.74. The molecular weight excluding hydrogens is 392 g/mol. The molecule has 1 spiro atoms. The molecule has 3 saturated carbocycles. The molecule has 0 aromatic heterocycles. The number of Topliss-reactive ketones (excluding diaryl/α,β-unsaturated/α-hetero) is 1. The normalized spacial score (nSPS) is 36.8. The average Bonchev–Trinajstić information content (AvgIpc) is 2.91. The van der Waals surface area contributed by atoms with E-state index in [1.165, 1.54) is 0 Å². The van der Waals surface area contributed by atoms with Gasteiger partial charge in [0.1, 0.15) is 5.78 Å². The van der Waals surface area contributed by atoms with E-state index in [9.17, 15) is 9.59 Å². The Hall–Kier alpha value is -1.20. The lowest BCUT2D eigenvalue weighted by Crippen LogP contribution is -2.57. The average molecular weight is 433 g/mol. The van der Waals surface area contributed by atoms with Crippen molar-refractivity contribution in [2.24, 2.45) is 22.7 Å². The Labute approximate surface area is 183 Å². The van der Waals surface area contributed by atoms with Gasteiger partial charge >= 0.3 is 5.97 Å². The van der Waals surface area contributed by atoms with E-state index in [1.54, 1.807) is 6.08 Å². The molecule has 0 saturated heterocycles. The maximum Gasteiger partial charge on any atom is 0.330 e. The minimum Gasteiger partial charge on any atom is -0.463 e. The minimum absolute atomic E-state index is 0.00194. The second kappa shape index (κ2) is 7.74. The molecule has 5 heteroatoms. The molecule has 3 fully saturated rings. The first-order chi connectivity index (χ1) is 13.8. The molecule has 0 aliphatic heterocycles. The molecule has 0 radical (unpaired) electrons. The van der Waals surface area contributed by atoms with Crippen LogP contribution >= 0.6 is 0 Å². The molecule has 3 aliphatic carbocycles. The third-order valence-electron chi connectivity index (χ3n) is 8.67. The van der Waals surface area contributed by atoms with Gasteiger partial charge in [0.2, 0.25) is 0 Å². The van der Waals surface area contributed by atoms with Gasteiger partial charge in [-0.25, -0.2) is 4.79 Å². The van der Waals surface area contributed by atoms with Gasteiger partial charge in [-0.1, -0.05) is 45.9 Å². The maximum atomic E-state index is 13.0. The van der Waals surface area contributed by atoms with Crippen LogP contribution in [0.3, 0.4) is 0 Å². The van der Waals surface area contributed by atoms with Gasteiger partial charge in [0.05, 0.1) is 12.7 Å². The van der Waals surface area contributed by atoms with Crippen molar-refractivity contribution in [2.45, 2.75) is 91.0 Å². The third-order valence-corrected chi connectivity index (χ3v) is 13.2. The second-order valence-electron chi connectivity index (χ2n) is 11.5. The molecule has 0 heterocycles. The monoisotopic (exact) mass is 432 g/mol. The van der Waals surface area contributed by atoms with Gasteiger partial charge in [0, 0.05) is 23.8 Å². The number of allylic oxidation sites excluding steroid dienone is 1. The molecule has 0 unspecified atom stereocenters. The lowest BCUT2D eigenvalue weighted by atomic mass is 9.50. The molecular formula is C25H40O4Si. The van der Waals surface area contributed by atoms with E-state index in [0.29, 0.717) is 18.8 Å². The molecule has 0 N–H and O–H groups in total. The van der Waals surface area contributed by atoms with Crippen LogP contribution < -0.4 is 0 Å². The Morgan fingerprint density at radius 2 is 2.00 bits per heavy atom. The zero-order chi connectivity index (χ0) is 22.5. The highest BCUT2D eigenvalue weighted by Gasteiger charge is 2.62. The fourth-order valence-corrected chi connectivity index (χ4v) is 7.38. The van der Waals surface area contributed by atoms with Crippen molar-refractivity contribution in [3.05, 3.63) is 24.3 Å². The van der Waals surface area contributed by atoms with Crippen LogP contribution in [0.4, 0.5) is 0 Å². The quantitative estimate of drug-likeness (QED) is 0.237. The number of carbonyl (C=O) groups excluding carboxylic acids is 2. The fourth-order valence-electron chi connectivity index (χ4n) is 5.94. The second-order valence-corrected chi connectivity index (χ2v) is 16.3. The molecule has 5 atom stereocenters. The Morgan fingerprint density at radius 1 is 1.33 bits per heavy atom. The van der Waals surface area contributed by atoms with E-state index in [4.69, 9.17) is 9.16 Å². The summed E-state index contributed by atoms with van der Waals surface area (Å²) in [6.07, 6.45) is 8.04. The van der Waals surface area contributed by atoms with Gasteiger partial charge in [0.15, 0.2) is 8.32 Å².